The number of urea groups is 1. The number of nitrogens with two attached hydrogens (primary N) is 1. The topological polar surface area (TPSA) is 140 Å². The van der Waals surface area contributed by atoms with Crippen molar-refractivity contribution in [3.05, 3.63) is 78.4 Å². The molecule has 160 valence electrons. The summed E-state index contributed by atoms with van der Waals surface area (Å²) in [5, 5.41) is 13.1. The Labute approximate surface area is 179 Å². The van der Waals surface area contributed by atoms with Gasteiger partial charge in [-0.2, -0.15) is 0 Å². The minimum absolute atomic E-state index is 0.156. The second-order valence-electron chi connectivity index (χ2n) is 6.38. The first-order valence-corrected chi connectivity index (χ1v) is 10.6. The van der Waals surface area contributed by atoms with E-state index in [0.29, 0.717) is 11.4 Å². The molecule has 0 unspecified atom stereocenters. The van der Waals surface area contributed by atoms with Crippen molar-refractivity contribution in [2.45, 2.75) is 4.90 Å². The number of primary sulfonamides is 1. The zero-order valence-corrected chi connectivity index (χ0v) is 17.3. The molecule has 0 aromatic heterocycles. The van der Waals surface area contributed by atoms with E-state index in [1.807, 2.05) is 6.07 Å². The summed E-state index contributed by atoms with van der Waals surface area (Å²) >= 11 is 0. The number of amides is 3. The Morgan fingerprint density at radius 2 is 1.45 bits per heavy atom. The van der Waals surface area contributed by atoms with Gasteiger partial charge in [0.1, 0.15) is 5.75 Å². The number of hydrogen-bond donors (Lipinski definition) is 4. The van der Waals surface area contributed by atoms with Crippen molar-refractivity contribution >= 4 is 39.0 Å². The summed E-state index contributed by atoms with van der Waals surface area (Å²) in [7, 11) is -2.55. The molecule has 0 spiro atoms. The highest BCUT2D eigenvalue weighted by Crippen LogP contribution is 2.27. The standard InChI is InChI=1S/C21H20N4O5S/c1-30-19-12-11-17(31(22,28)29)13-18(19)25-20(26)14-7-9-16(10-8-14)24-21(27)23-15-5-3-2-4-6-15/h2-13H,1H3,(H,25,26)(H2,22,28,29)(H2,23,24,27). The summed E-state index contributed by atoms with van der Waals surface area (Å²) < 4.78 is 28.3. The largest absolute Gasteiger partial charge is 0.495 e. The van der Waals surface area contributed by atoms with Crippen LogP contribution in [-0.2, 0) is 10.0 Å². The highest BCUT2D eigenvalue weighted by Gasteiger charge is 2.15. The number of carbonyl (C=O) groups is 2. The average molecular weight is 440 g/mol. The van der Waals surface area contributed by atoms with Crippen LogP contribution in [0.4, 0.5) is 21.9 Å². The predicted molar refractivity (Wildman–Crippen MR) is 118 cm³/mol. The first-order valence-electron chi connectivity index (χ1n) is 9.01. The van der Waals surface area contributed by atoms with Gasteiger partial charge in [0.05, 0.1) is 17.7 Å². The normalized spacial score (nSPS) is 10.8. The molecule has 0 aliphatic heterocycles. The number of para-hydroxylation sites is 1. The maximum atomic E-state index is 12.6. The van der Waals surface area contributed by atoms with E-state index in [4.69, 9.17) is 9.88 Å². The Balaban J connectivity index is 1.69. The Morgan fingerprint density at radius 3 is 2.03 bits per heavy atom. The van der Waals surface area contributed by atoms with E-state index in [0.717, 1.165) is 0 Å². The second-order valence-corrected chi connectivity index (χ2v) is 7.95. The fourth-order valence-electron chi connectivity index (χ4n) is 2.68. The van der Waals surface area contributed by atoms with E-state index in [2.05, 4.69) is 16.0 Å². The van der Waals surface area contributed by atoms with Gasteiger partial charge in [-0.15, -0.1) is 0 Å². The molecule has 0 bridgehead atoms. The molecule has 0 radical (unpaired) electrons. The smallest absolute Gasteiger partial charge is 0.323 e. The SMILES string of the molecule is COc1ccc(S(N)(=O)=O)cc1NC(=O)c1ccc(NC(=O)Nc2ccccc2)cc1. The number of hydrogen-bond acceptors (Lipinski definition) is 5. The summed E-state index contributed by atoms with van der Waals surface area (Å²) in [5.41, 5.74) is 1.57. The number of benzene rings is 3. The van der Waals surface area contributed by atoms with Gasteiger partial charge < -0.3 is 20.7 Å². The van der Waals surface area contributed by atoms with Crippen LogP contribution in [0.25, 0.3) is 0 Å². The van der Waals surface area contributed by atoms with E-state index >= 15 is 0 Å². The Hall–Kier alpha value is -3.89. The third-order valence-corrected chi connectivity index (χ3v) is 5.10. The van der Waals surface area contributed by atoms with Crippen molar-refractivity contribution in [2.75, 3.05) is 23.1 Å². The van der Waals surface area contributed by atoms with Crippen LogP contribution in [0.1, 0.15) is 10.4 Å². The van der Waals surface area contributed by atoms with Crippen molar-refractivity contribution in [3.63, 3.8) is 0 Å². The fraction of sp³-hybridized carbons (Fsp3) is 0.0476. The van der Waals surface area contributed by atoms with Gasteiger partial charge in [-0.1, -0.05) is 18.2 Å². The number of carbonyl (C=O) groups excluding carboxylic acids is 2. The van der Waals surface area contributed by atoms with Crippen LogP contribution in [0.15, 0.2) is 77.7 Å². The third-order valence-electron chi connectivity index (χ3n) is 4.18. The molecule has 0 fully saturated rings. The highest BCUT2D eigenvalue weighted by molar-refractivity contribution is 7.89. The Morgan fingerprint density at radius 1 is 0.839 bits per heavy atom. The van der Waals surface area contributed by atoms with Gasteiger partial charge in [0.25, 0.3) is 5.91 Å². The molecule has 31 heavy (non-hydrogen) atoms. The predicted octanol–water partition coefficient (Wildman–Crippen LogP) is 3.24. The maximum absolute atomic E-state index is 12.6. The second kappa shape index (κ2) is 9.28. The fourth-order valence-corrected chi connectivity index (χ4v) is 3.22. The van der Waals surface area contributed by atoms with Gasteiger partial charge in [0, 0.05) is 16.9 Å². The lowest BCUT2D eigenvalue weighted by Gasteiger charge is -2.12. The monoisotopic (exact) mass is 440 g/mol. The molecule has 0 aliphatic carbocycles. The quantitative estimate of drug-likeness (QED) is 0.466. The lowest BCUT2D eigenvalue weighted by molar-refractivity contribution is 0.102. The third kappa shape index (κ3) is 5.81. The Kier molecular flexibility index (Phi) is 6.53. The molecule has 3 aromatic carbocycles. The number of methoxy groups -OCH3 is 1. The molecule has 5 N–H and O–H groups in total. The van der Waals surface area contributed by atoms with E-state index in [1.54, 1.807) is 36.4 Å². The van der Waals surface area contributed by atoms with Crippen LogP contribution in [0.3, 0.4) is 0 Å². The Bertz CT molecular complexity index is 1200. The van der Waals surface area contributed by atoms with E-state index in [9.17, 15) is 18.0 Å². The van der Waals surface area contributed by atoms with Crippen molar-refractivity contribution in [1.29, 1.82) is 0 Å². The number of ether oxygens (including phenoxy) is 1. The van der Waals surface area contributed by atoms with Crippen molar-refractivity contribution in [3.8, 4) is 5.75 Å². The molecule has 3 rings (SSSR count). The molecule has 10 heteroatoms. The summed E-state index contributed by atoms with van der Waals surface area (Å²) in [4.78, 5) is 24.5. The van der Waals surface area contributed by atoms with Crippen molar-refractivity contribution < 1.29 is 22.7 Å². The summed E-state index contributed by atoms with van der Waals surface area (Å²) in [6.45, 7) is 0. The zero-order chi connectivity index (χ0) is 22.4. The minimum Gasteiger partial charge on any atom is -0.495 e. The van der Waals surface area contributed by atoms with E-state index in [-0.39, 0.29) is 21.9 Å². The number of anilines is 3. The lowest BCUT2D eigenvalue weighted by atomic mass is 10.2. The van der Waals surface area contributed by atoms with Crippen LogP contribution in [0.2, 0.25) is 0 Å². The summed E-state index contributed by atoms with van der Waals surface area (Å²) in [6, 6.07) is 18.6. The first-order chi connectivity index (χ1) is 14.8. The molecule has 0 heterocycles. The van der Waals surface area contributed by atoms with Crippen LogP contribution in [0, 0.1) is 0 Å². The zero-order valence-electron chi connectivity index (χ0n) is 16.5. The number of rotatable bonds is 6. The first kappa shape index (κ1) is 21.8. The maximum Gasteiger partial charge on any atom is 0.323 e. The van der Waals surface area contributed by atoms with Gasteiger partial charge >= 0.3 is 6.03 Å². The van der Waals surface area contributed by atoms with Gasteiger partial charge in [-0.25, -0.2) is 18.4 Å². The van der Waals surface area contributed by atoms with Gasteiger partial charge in [0.2, 0.25) is 10.0 Å². The van der Waals surface area contributed by atoms with E-state index < -0.39 is 22.0 Å². The number of sulfonamides is 1. The van der Waals surface area contributed by atoms with Gasteiger partial charge in [-0.3, -0.25) is 4.79 Å². The summed E-state index contributed by atoms with van der Waals surface area (Å²) in [6.07, 6.45) is 0. The average Bonchev–Trinajstić information content (AvgIpc) is 2.74. The summed E-state index contributed by atoms with van der Waals surface area (Å²) in [5.74, 6) is -0.221. The molecule has 0 saturated heterocycles. The molecule has 9 nitrogen and oxygen atoms in total. The van der Waals surface area contributed by atoms with Crippen LogP contribution in [-0.4, -0.2) is 27.5 Å². The van der Waals surface area contributed by atoms with Crippen LogP contribution >= 0.6 is 0 Å². The molecule has 0 aliphatic rings. The molecule has 0 saturated carbocycles. The van der Waals surface area contributed by atoms with Crippen molar-refractivity contribution in [2.24, 2.45) is 5.14 Å². The highest BCUT2D eigenvalue weighted by atomic mass is 32.2. The van der Waals surface area contributed by atoms with Crippen molar-refractivity contribution in [1.82, 2.24) is 0 Å². The molecule has 0 atom stereocenters. The van der Waals surface area contributed by atoms with E-state index in [1.165, 1.54) is 37.4 Å². The molecule has 3 amide bonds. The van der Waals surface area contributed by atoms with Crippen LogP contribution in [0.5, 0.6) is 5.75 Å². The minimum atomic E-state index is -3.94. The van der Waals surface area contributed by atoms with Crippen LogP contribution < -0.4 is 25.8 Å². The lowest BCUT2D eigenvalue weighted by Crippen LogP contribution is -2.19. The molecule has 3 aromatic rings. The molecular formula is C21H20N4O5S. The van der Waals surface area contributed by atoms with Gasteiger partial charge in [0.15, 0.2) is 0 Å². The number of nitrogens with one attached hydrogen (secondary N) is 3. The molecular weight excluding hydrogens is 420 g/mol. The van der Waals surface area contributed by atoms with Gasteiger partial charge in [-0.05, 0) is 54.6 Å².